The van der Waals surface area contributed by atoms with Crippen molar-refractivity contribution in [1.82, 2.24) is 9.36 Å². The van der Waals surface area contributed by atoms with Gasteiger partial charge in [0.1, 0.15) is 22.8 Å². The minimum Gasteiger partial charge on any atom is -0.454 e. The normalized spacial score (nSPS) is 14.2. The van der Waals surface area contributed by atoms with Gasteiger partial charge in [-0.15, -0.1) is 0 Å². The number of alkyl halides is 3. The Hall–Kier alpha value is -3.00. The first kappa shape index (κ1) is 22.2. The van der Waals surface area contributed by atoms with Crippen LogP contribution in [-0.2, 0) is 16.2 Å². The van der Waals surface area contributed by atoms with Crippen LogP contribution in [0.3, 0.4) is 0 Å². The molecule has 0 spiro atoms. The van der Waals surface area contributed by atoms with Crippen molar-refractivity contribution in [2.24, 2.45) is 0 Å². The Kier molecular flexibility index (Phi) is 5.67. The van der Waals surface area contributed by atoms with E-state index in [9.17, 15) is 30.4 Å². The fraction of sp³-hybridized carbons (Fsp3) is 0.222. The topological polar surface area (TPSA) is 84.4 Å². The Morgan fingerprint density at radius 3 is 2.41 bits per heavy atom. The molecule has 0 radical (unpaired) electrons. The molecule has 0 amide bonds. The summed E-state index contributed by atoms with van der Waals surface area (Å²) in [4.78, 5) is 4.24. The summed E-state index contributed by atoms with van der Waals surface area (Å²) < 4.78 is 104. The molecule has 3 aromatic rings. The number of halogens is 5. The van der Waals surface area contributed by atoms with E-state index in [4.69, 9.17) is 4.74 Å². The molecule has 2 heterocycles. The van der Waals surface area contributed by atoms with Crippen LogP contribution >= 0.6 is 11.5 Å². The highest BCUT2D eigenvalue weighted by Crippen LogP contribution is 2.38. The maximum absolute atomic E-state index is 14.6. The minimum atomic E-state index is -4.68. The Morgan fingerprint density at radius 1 is 1.06 bits per heavy atom. The van der Waals surface area contributed by atoms with Crippen LogP contribution in [-0.4, -0.2) is 30.9 Å². The van der Waals surface area contributed by atoms with E-state index in [1.807, 2.05) is 4.72 Å². The van der Waals surface area contributed by atoms with Crippen LogP contribution < -0.4 is 14.4 Å². The third kappa shape index (κ3) is 4.60. The highest BCUT2D eigenvalue weighted by molar-refractivity contribution is 7.93. The minimum absolute atomic E-state index is 0.160. The molecular weight excluding hydrogens is 479 g/mol. The van der Waals surface area contributed by atoms with Gasteiger partial charge in [-0.25, -0.2) is 22.2 Å². The summed E-state index contributed by atoms with van der Waals surface area (Å²) in [7, 11) is -4.53. The Labute approximate surface area is 182 Å². The maximum Gasteiger partial charge on any atom is 0.416 e. The summed E-state index contributed by atoms with van der Waals surface area (Å²) in [5.41, 5.74) is -0.791. The Bertz CT molecular complexity index is 1250. The zero-order chi connectivity index (χ0) is 23.1. The van der Waals surface area contributed by atoms with Gasteiger partial charge < -0.3 is 9.64 Å². The van der Waals surface area contributed by atoms with Crippen molar-refractivity contribution >= 4 is 32.4 Å². The zero-order valence-corrected chi connectivity index (χ0v) is 17.5. The lowest BCUT2D eigenvalue weighted by Crippen LogP contribution is -2.37. The van der Waals surface area contributed by atoms with E-state index in [1.165, 1.54) is 6.07 Å². The summed E-state index contributed by atoms with van der Waals surface area (Å²) in [6, 6.07) is 3.69. The molecule has 0 saturated carbocycles. The second-order valence-corrected chi connectivity index (χ2v) is 9.15. The van der Waals surface area contributed by atoms with E-state index in [0.717, 1.165) is 18.8 Å². The maximum atomic E-state index is 14.6. The monoisotopic (exact) mass is 492 g/mol. The lowest BCUT2D eigenvalue weighted by molar-refractivity contribution is -0.137. The number of hydrogen-bond acceptors (Lipinski definition) is 7. The van der Waals surface area contributed by atoms with E-state index >= 15 is 0 Å². The molecule has 1 aromatic heterocycles. The van der Waals surface area contributed by atoms with Gasteiger partial charge in [0.05, 0.1) is 5.56 Å². The summed E-state index contributed by atoms with van der Waals surface area (Å²) in [5.74, 6) is -3.80. The van der Waals surface area contributed by atoms with Crippen molar-refractivity contribution in [3.05, 3.63) is 53.9 Å². The van der Waals surface area contributed by atoms with Crippen molar-refractivity contribution in [2.75, 3.05) is 22.7 Å². The SMILES string of the molecule is O=S(=O)(Nc1ncns1)c1cc(F)c(Oc2cc(N3CCC3)cc(C(F)(F)F)c2)cc1F. The van der Waals surface area contributed by atoms with Crippen LogP contribution in [0.25, 0.3) is 0 Å². The number of nitrogens with zero attached hydrogens (tertiary/aromatic N) is 3. The van der Waals surface area contributed by atoms with E-state index < -0.39 is 44.0 Å². The standard InChI is InChI=1S/C18H13F5N4O3S2/c19-13-8-16(32(28,29)26-17-24-9-25-31-17)14(20)7-15(13)30-12-5-10(18(21,22)23)4-11(6-12)27-2-1-3-27/h4-9H,1-3H2,(H,24,25,26). The summed E-state index contributed by atoms with van der Waals surface area (Å²) in [6.45, 7) is 1.11. The van der Waals surface area contributed by atoms with E-state index in [-0.39, 0.29) is 16.6 Å². The second-order valence-electron chi connectivity index (χ2n) is 6.72. The number of anilines is 2. The van der Waals surface area contributed by atoms with Crippen molar-refractivity contribution in [3.8, 4) is 11.5 Å². The molecular formula is C18H13F5N4O3S2. The molecule has 0 atom stereocenters. The average Bonchev–Trinajstić information content (AvgIpc) is 3.14. The number of hydrogen-bond donors (Lipinski definition) is 1. The van der Waals surface area contributed by atoms with Gasteiger partial charge in [0.25, 0.3) is 10.0 Å². The molecule has 1 aliphatic rings. The highest BCUT2D eigenvalue weighted by atomic mass is 32.2. The molecule has 32 heavy (non-hydrogen) atoms. The van der Waals surface area contributed by atoms with E-state index in [2.05, 4.69) is 9.36 Å². The number of ether oxygens (including phenoxy) is 1. The molecule has 2 aromatic carbocycles. The number of rotatable bonds is 6. The van der Waals surface area contributed by atoms with Crippen LogP contribution in [0.1, 0.15) is 12.0 Å². The molecule has 0 aliphatic carbocycles. The fourth-order valence-corrected chi connectivity index (χ4v) is 4.61. The van der Waals surface area contributed by atoms with Gasteiger partial charge in [0.15, 0.2) is 11.6 Å². The molecule has 7 nitrogen and oxygen atoms in total. The van der Waals surface area contributed by atoms with Crippen LogP contribution in [0.15, 0.2) is 41.6 Å². The van der Waals surface area contributed by atoms with Gasteiger partial charge in [-0.1, -0.05) is 0 Å². The van der Waals surface area contributed by atoms with Gasteiger partial charge in [0, 0.05) is 48.5 Å². The van der Waals surface area contributed by atoms with Crippen molar-refractivity contribution < 1.29 is 35.1 Å². The first-order valence-corrected chi connectivity index (χ1v) is 11.2. The van der Waals surface area contributed by atoms with E-state index in [1.54, 1.807) is 4.90 Å². The molecule has 0 bridgehead atoms. The highest BCUT2D eigenvalue weighted by Gasteiger charge is 2.33. The van der Waals surface area contributed by atoms with Crippen molar-refractivity contribution in [2.45, 2.75) is 17.5 Å². The smallest absolute Gasteiger partial charge is 0.416 e. The quantitative estimate of drug-likeness (QED) is 0.505. The van der Waals surface area contributed by atoms with E-state index in [0.29, 0.717) is 42.8 Å². The lowest BCUT2D eigenvalue weighted by atomic mass is 10.1. The van der Waals surface area contributed by atoms with Crippen molar-refractivity contribution in [3.63, 3.8) is 0 Å². The largest absolute Gasteiger partial charge is 0.454 e. The number of benzene rings is 2. The number of nitrogens with one attached hydrogen (secondary N) is 1. The molecule has 1 fully saturated rings. The first-order chi connectivity index (χ1) is 15.0. The van der Waals surface area contributed by atoms with Crippen LogP contribution in [0.4, 0.5) is 32.8 Å². The summed E-state index contributed by atoms with van der Waals surface area (Å²) in [5, 5.41) is -0.160. The Morgan fingerprint density at radius 2 is 1.81 bits per heavy atom. The lowest BCUT2D eigenvalue weighted by Gasteiger charge is -2.33. The molecule has 0 unspecified atom stereocenters. The Balaban J connectivity index is 1.66. The molecule has 170 valence electrons. The van der Waals surface area contributed by atoms with Gasteiger partial charge >= 0.3 is 6.18 Å². The third-order valence-corrected chi connectivity index (χ3v) is 6.59. The molecule has 1 saturated heterocycles. The molecule has 1 N–H and O–H groups in total. The first-order valence-electron chi connectivity index (χ1n) is 8.96. The molecule has 14 heteroatoms. The van der Waals surface area contributed by atoms with Gasteiger partial charge in [-0.05, 0) is 18.6 Å². The molecule has 1 aliphatic heterocycles. The fourth-order valence-electron chi connectivity index (χ4n) is 2.87. The summed E-state index contributed by atoms with van der Waals surface area (Å²) in [6.07, 6.45) is -2.80. The predicted molar refractivity (Wildman–Crippen MR) is 105 cm³/mol. The van der Waals surface area contributed by atoms with Gasteiger partial charge in [-0.2, -0.15) is 17.5 Å². The second kappa shape index (κ2) is 8.16. The zero-order valence-electron chi connectivity index (χ0n) is 15.9. The number of aromatic nitrogens is 2. The summed E-state index contributed by atoms with van der Waals surface area (Å²) >= 11 is 0.685. The van der Waals surface area contributed by atoms with Crippen LogP contribution in [0.5, 0.6) is 11.5 Å². The predicted octanol–water partition coefficient (Wildman–Crippen LogP) is 4.64. The van der Waals surface area contributed by atoms with Gasteiger partial charge in [0.2, 0.25) is 5.13 Å². The molecule has 4 rings (SSSR count). The average molecular weight is 492 g/mol. The van der Waals surface area contributed by atoms with Crippen LogP contribution in [0, 0.1) is 11.6 Å². The van der Waals surface area contributed by atoms with Crippen LogP contribution in [0.2, 0.25) is 0 Å². The van der Waals surface area contributed by atoms with Gasteiger partial charge in [-0.3, -0.25) is 4.72 Å². The third-order valence-electron chi connectivity index (χ3n) is 4.53. The number of sulfonamides is 1. The van der Waals surface area contributed by atoms with Crippen molar-refractivity contribution in [1.29, 1.82) is 0 Å².